The van der Waals surface area contributed by atoms with Crippen molar-refractivity contribution in [1.82, 2.24) is 10.6 Å². The number of carbonyl (C=O) groups is 3. The van der Waals surface area contributed by atoms with Crippen LogP contribution in [0.1, 0.15) is 33.1 Å². The van der Waals surface area contributed by atoms with Crippen molar-refractivity contribution in [1.29, 1.82) is 0 Å². The molecule has 0 aromatic carbocycles. The van der Waals surface area contributed by atoms with Gasteiger partial charge in [-0.1, -0.05) is 13.8 Å². The maximum absolute atomic E-state index is 11.9. The van der Waals surface area contributed by atoms with Crippen LogP contribution in [-0.2, 0) is 9.59 Å². The van der Waals surface area contributed by atoms with Gasteiger partial charge in [-0.05, 0) is 25.2 Å². The van der Waals surface area contributed by atoms with Crippen molar-refractivity contribution >= 4 is 29.4 Å². The number of halogens is 1. The second-order valence-corrected chi connectivity index (χ2v) is 5.07. The van der Waals surface area contributed by atoms with Crippen molar-refractivity contribution in [2.24, 2.45) is 11.3 Å². The fourth-order valence-corrected chi connectivity index (χ4v) is 2.18. The third-order valence-corrected chi connectivity index (χ3v) is 3.18. The SMILES string of the molecule is CC(C)CCC1(CCCl)C(=O)NC(=O)NC1=O. The molecule has 1 rings (SSSR count). The summed E-state index contributed by atoms with van der Waals surface area (Å²) >= 11 is 5.66. The first-order valence-corrected chi connectivity index (χ1v) is 6.18. The van der Waals surface area contributed by atoms with Crippen molar-refractivity contribution in [2.75, 3.05) is 5.88 Å². The van der Waals surface area contributed by atoms with Crippen LogP contribution in [0, 0.1) is 11.3 Å². The minimum absolute atomic E-state index is 0.202. The summed E-state index contributed by atoms with van der Waals surface area (Å²) in [5, 5.41) is 4.28. The Morgan fingerprint density at radius 1 is 1.12 bits per heavy atom. The fourth-order valence-electron chi connectivity index (χ4n) is 1.86. The summed E-state index contributed by atoms with van der Waals surface area (Å²) in [5.74, 6) is -0.492. The van der Waals surface area contributed by atoms with Crippen LogP contribution >= 0.6 is 11.6 Å². The Balaban J connectivity index is 2.91. The number of nitrogens with one attached hydrogen (secondary N) is 2. The molecule has 0 aromatic rings. The average Bonchev–Trinajstić information content (AvgIpc) is 2.21. The lowest BCUT2D eigenvalue weighted by Gasteiger charge is -2.33. The van der Waals surface area contributed by atoms with Gasteiger partial charge in [0.25, 0.3) is 0 Å². The molecule has 2 N–H and O–H groups in total. The second kappa shape index (κ2) is 5.49. The van der Waals surface area contributed by atoms with Crippen LogP contribution in [-0.4, -0.2) is 23.7 Å². The number of rotatable bonds is 5. The van der Waals surface area contributed by atoms with Crippen LogP contribution in [0.3, 0.4) is 0 Å². The first-order chi connectivity index (χ1) is 7.92. The minimum Gasteiger partial charge on any atom is -0.277 e. The van der Waals surface area contributed by atoms with Gasteiger partial charge in [-0.3, -0.25) is 20.2 Å². The molecule has 1 fully saturated rings. The summed E-state index contributed by atoms with van der Waals surface area (Å²) in [5.41, 5.74) is -1.19. The zero-order valence-electron chi connectivity index (χ0n) is 10.0. The number of carbonyl (C=O) groups excluding carboxylic acids is 3. The van der Waals surface area contributed by atoms with Crippen LogP contribution in [0.2, 0.25) is 0 Å². The number of amides is 4. The molecule has 0 saturated carbocycles. The van der Waals surface area contributed by atoms with E-state index in [0.717, 1.165) is 6.42 Å². The molecule has 96 valence electrons. The van der Waals surface area contributed by atoms with E-state index in [1.165, 1.54) is 0 Å². The smallest absolute Gasteiger partial charge is 0.277 e. The maximum Gasteiger partial charge on any atom is 0.328 e. The first-order valence-electron chi connectivity index (χ1n) is 5.65. The molecule has 0 bridgehead atoms. The monoisotopic (exact) mass is 260 g/mol. The summed E-state index contributed by atoms with van der Waals surface area (Å²) in [6.07, 6.45) is 1.38. The van der Waals surface area contributed by atoms with E-state index in [-0.39, 0.29) is 12.3 Å². The van der Waals surface area contributed by atoms with Gasteiger partial charge in [0.2, 0.25) is 11.8 Å². The fraction of sp³-hybridized carbons (Fsp3) is 0.727. The van der Waals surface area contributed by atoms with E-state index >= 15 is 0 Å². The largest absolute Gasteiger partial charge is 0.328 e. The van der Waals surface area contributed by atoms with Gasteiger partial charge >= 0.3 is 6.03 Å². The Morgan fingerprint density at radius 3 is 2.06 bits per heavy atom. The van der Waals surface area contributed by atoms with Gasteiger partial charge in [0.05, 0.1) is 0 Å². The molecule has 17 heavy (non-hydrogen) atoms. The number of barbiturate groups is 1. The molecule has 6 heteroatoms. The third kappa shape index (κ3) is 2.97. The summed E-state index contributed by atoms with van der Waals surface area (Å²) in [6.45, 7) is 4.02. The van der Waals surface area contributed by atoms with Crippen molar-refractivity contribution in [2.45, 2.75) is 33.1 Å². The Hall–Kier alpha value is -1.10. The van der Waals surface area contributed by atoms with Gasteiger partial charge in [0.15, 0.2) is 0 Å². The predicted molar refractivity (Wildman–Crippen MR) is 63.5 cm³/mol. The lowest BCUT2D eigenvalue weighted by molar-refractivity contribution is -0.145. The molecular weight excluding hydrogens is 244 g/mol. The minimum atomic E-state index is -1.19. The van der Waals surface area contributed by atoms with Gasteiger partial charge in [-0.2, -0.15) is 0 Å². The van der Waals surface area contributed by atoms with E-state index in [9.17, 15) is 14.4 Å². The van der Waals surface area contributed by atoms with E-state index in [4.69, 9.17) is 11.6 Å². The summed E-state index contributed by atoms with van der Waals surface area (Å²) in [7, 11) is 0. The Kier molecular flexibility index (Phi) is 4.51. The van der Waals surface area contributed by atoms with Crippen LogP contribution in [0.5, 0.6) is 0 Å². The second-order valence-electron chi connectivity index (χ2n) is 4.69. The van der Waals surface area contributed by atoms with E-state index < -0.39 is 23.3 Å². The molecule has 5 nitrogen and oxygen atoms in total. The van der Waals surface area contributed by atoms with E-state index in [0.29, 0.717) is 12.3 Å². The van der Waals surface area contributed by atoms with Gasteiger partial charge in [-0.25, -0.2) is 4.79 Å². The molecule has 1 saturated heterocycles. The number of imide groups is 2. The Morgan fingerprint density at radius 2 is 1.65 bits per heavy atom. The quantitative estimate of drug-likeness (QED) is 0.580. The molecule has 0 spiro atoms. The number of alkyl halides is 1. The van der Waals surface area contributed by atoms with Crippen LogP contribution < -0.4 is 10.6 Å². The molecule has 1 aliphatic rings. The highest BCUT2D eigenvalue weighted by Gasteiger charge is 2.49. The zero-order valence-corrected chi connectivity index (χ0v) is 10.8. The van der Waals surface area contributed by atoms with Crippen LogP contribution in [0.25, 0.3) is 0 Å². The van der Waals surface area contributed by atoms with Crippen molar-refractivity contribution in [3.63, 3.8) is 0 Å². The maximum atomic E-state index is 11.9. The number of hydrogen-bond acceptors (Lipinski definition) is 3. The summed E-state index contributed by atoms with van der Waals surface area (Å²) in [4.78, 5) is 34.8. The molecule has 0 unspecified atom stereocenters. The molecule has 4 amide bonds. The molecule has 1 aliphatic heterocycles. The third-order valence-electron chi connectivity index (χ3n) is 2.99. The van der Waals surface area contributed by atoms with E-state index in [1.807, 2.05) is 13.8 Å². The zero-order chi connectivity index (χ0) is 13.1. The first kappa shape index (κ1) is 14.0. The topological polar surface area (TPSA) is 75.3 Å². The van der Waals surface area contributed by atoms with Crippen LogP contribution in [0.15, 0.2) is 0 Å². The van der Waals surface area contributed by atoms with Crippen molar-refractivity contribution < 1.29 is 14.4 Å². The molecule has 0 aliphatic carbocycles. The highest BCUT2D eigenvalue weighted by atomic mass is 35.5. The van der Waals surface area contributed by atoms with Crippen molar-refractivity contribution in [3.05, 3.63) is 0 Å². The van der Waals surface area contributed by atoms with Gasteiger partial charge in [-0.15, -0.1) is 11.6 Å². The van der Waals surface area contributed by atoms with Crippen molar-refractivity contribution in [3.8, 4) is 0 Å². The highest BCUT2D eigenvalue weighted by molar-refractivity contribution is 6.21. The average molecular weight is 261 g/mol. The van der Waals surface area contributed by atoms with Gasteiger partial charge in [0, 0.05) is 5.88 Å². The Labute approximate surface area is 105 Å². The predicted octanol–water partition coefficient (Wildman–Crippen LogP) is 1.40. The van der Waals surface area contributed by atoms with Crippen LogP contribution in [0.4, 0.5) is 4.79 Å². The molecule has 0 radical (unpaired) electrons. The molecule has 0 aromatic heterocycles. The van der Waals surface area contributed by atoms with Gasteiger partial charge in [0.1, 0.15) is 5.41 Å². The lowest BCUT2D eigenvalue weighted by atomic mass is 9.76. The normalized spacial score (nSPS) is 19.2. The van der Waals surface area contributed by atoms with E-state index in [2.05, 4.69) is 10.6 Å². The number of urea groups is 1. The van der Waals surface area contributed by atoms with Gasteiger partial charge < -0.3 is 0 Å². The summed E-state index contributed by atoms with van der Waals surface area (Å²) < 4.78 is 0. The number of hydrogen-bond donors (Lipinski definition) is 2. The molecular formula is C11H17ClN2O3. The highest BCUT2D eigenvalue weighted by Crippen LogP contribution is 2.32. The standard InChI is InChI=1S/C11H17ClN2O3/c1-7(2)3-4-11(5-6-12)8(15)13-10(17)14-9(11)16/h7H,3-6H2,1-2H3,(H2,13,14,15,16,17). The summed E-state index contributed by atoms with van der Waals surface area (Å²) in [6, 6.07) is -0.755. The Bertz CT molecular complexity index is 322. The van der Waals surface area contributed by atoms with E-state index in [1.54, 1.807) is 0 Å². The molecule has 1 heterocycles. The molecule has 0 atom stereocenters. The lowest BCUT2D eigenvalue weighted by Crippen LogP contribution is -2.62.